The van der Waals surface area contributed by atoms with Gasteiger partial charge in [0.25, 0.3) is 10.2 Å². The monoisotopic (exact) mass is 266 g/mol. The Kier molecular flexibility index (Phi) is 6.35. The fourth-order valence-corrected chi connectivity index (χ4v) is 2.94. The predicted octanol–water partition coefficient (Wildman–Crippen LogP) is -0.438. The van der Waals surface area contributed by atoms with E-state index in [9.17, 15) is 8.42 Å². The molecule has 0 bridgehead atoms. The van der Waals surface area contributed by atoms with Gasteiger partial charge >= 0.3 is 0 Å². The lowest BCUT2D eigenvalue weighted by molar-refractivity contribution is 0.0959. The molecule has 0 spiro atoms. The van der Waals surface area contributed by atoms with E-state index in [1.54, 1.807) is 0 Å². The molecule has 102 valence electrons. The topological polar surface area (TPSA) is 78.9 Å². The first-order valence-electron chi connectivity index (χ1n) is 5.99. The number of aliphatic hydroxyl groups excluding tert-OH is 1. The summed E-state index contributed by atoms with van der Waals surface area (Å²) in [6.07, 6.45) is 1.84. The van der Waals surface area contributed by atoms with Crippen LogP contribution in [0, 0.1) is 5.92 Å². The molecule has 2 N–H and O–H groups in total. The molecule has 1 aliphatic rings. The van der Waals surface area contributed by atoms with E-state index < -0.39 is 10.2 Å². The number of hydrogen-bond donors (Lipinski definition) is 2. The second-order valence-corrected chi connectivity index (χ2v) is 6.07. The number of hydrogen-bond acceptors (Lipinski definition) is 4. The molecule has 0 aromatic carbocycles. The second kappa shape index (κ2) is 7.27. The smallest absolute Gasteiger partial charge is 0.279 e. The summed E-state index contributed by atoms with van der Waals surface area (Å²) in [5.41, 5.74) is 0. The molecular weight excluding hydrogens is 244 g/mol. The van der Waals surface area contributed by atoms with E-state index in [1.807, 2.05) is 0 Å². The van der Waals surface area contributed by atoms with Crippen LogP contribution in [0.1, 0.15) is 19.8 Å². The van der Waals surface area contributed by atoms with Crippen LogP contribution in [0.15, 0.2) is 0 Å². The van der Waals surface area contributed by atoms with Crippen LogP contribution in [0.4, 0.5) is 0 Å². The van der Waals surface area contributed by atoms with Crippen molar-refractivity contribution in [1.82, 2.24) is 9.03 Å². The molecule has 17 heavy (non-hydrogen) atoms. The van der Waals surface area contributed by atoms with Crippen molar-refractivity contribution < 1.29 is 18.3 Å². The molecule has 1 rings (SSSR count). The fraction of sp³-hybridized carbons (Fsp3) is 1.00. The summed E-state index contributed by atoms with van der Waals surface area (Å²) in [6, 6.07) is 0. The maximum atomic E-state index is 11.8. The molecule has 1 heterocycles. The quantitative estimate of drug-likeness (QED) is 0.612. The van der Waals surface area contributed by atoms with Gasteiger partial charge in [-0.25, -0.2) is 0 Å². The van der Waals surface area contributed by atoms with Gasteiger partial charge in [0, 0.05) is 19.6 Å². The molecule has 1 aliphatic heterocycles. The van der Waals surface area contributed by atoms with Gasteiger partial charge in [0.2, 0.25) is 0 Å². The first-order chi connectivity index (χ1) is 8.06. The lowest BCUT2D eigenvalue weighted by Crippen LogP contribution is -2.45. The second-order valence-electron chi connectivity index (χ2n) is 4.32. The van der Waals surface area contributed by atoms with Crippen LogP contribution >= 0.6 is 0 Å². The molecule has 0 atom stereocenters. The molecule has 0 aromatic rings. The van der Waals surface area contributed by atoms with E-state index in [4.69, 9.17) is 9.84 Å². The van der Waals surface area contributed by atoms with Crippen LogP contribution in [0.2, 0.25) is 0 Å². The highest BCUT2D eigenvalue weighted by atomic mass is 32.2. The van der Waals surface area contributed by atoms with E-state index in [1.165, 1.54) is 4.31 Å². The molecule has 1 fully saturated rings. The van der Waals surface area contributed by atoms with Gasteiger partial charge in [-0.05, 0) is 18.8 Å². The minimum Gasteiger partial charge on any atom is -0.394 e. The van der Waals surface area contributed by atoms with Crippen molar-refractivity contribution in [3.8, 4) is 0 Å². The maximum Gasteiger partial charge on any atom is 0.279 e. The number of aliphatic hydroxyl groups is 1. The highest BCUT2D eigenvalue weighted by molar-refractivity contribution is 7.87. The average molecular weight is 266 g/mol. The van der Waals surface area contributed by atoms with Crippen LogP contribution in [-0.4, -0.2) is 57.3 Å². The van der Waals surface area contributed by atoms with E-state index >= 15 is 0 Å². The van der Waals surface area contributed by atoms with Gasteiger partial charge < -0.3 is 9.84 Å². The van der Waals surface area contributed by atoms with Gasteiger partial charge in [-0.15, -0.1) is 0 Å². The van der Waals surface area contributed by atoms with Gasteiger partial charge in [-0.3, -0.25) is 0 Å². The summed E-state index contributed by atoms with van der Waals surface area (Å²) in [4.78, 5) is 0. The van der Waals surface area contributed by atoms with Crippen molar-refractivity contribution in [1.29, 1.82) is 0 Å². The Labute approximate surface area is 103 Å². The van der Waals surface area contributed by atoms with Crippen LogP contribution in [0.25, 0.3) is 0 Å². The number of rotatable bonds is 7. The molecule has 0 aromatic heterocycles. The molecule has 1 saturated heterocycles. The number of piperidine rings is 1. The molecule has 0 radical (unpaired) electrons. The Bertz CT molecular complexity index is 299. The minimum atomic E-state index is -3.35. The molecule has 0 unspecified atom stereocenters. The van der Waals surface area contributed by atoms with E-state index in [2.05, 4.69) is 11.6 Å². The van der Waals surface area contributed by atoms with Crippen LogP contribution in [-0.2, 0) is 14.9 Å². The first-order valence-corrected chi connectivity index (χ1v) is 7.43. The summed E-state index contributed by atoms with van der Waals surface area (Å²) in [5.74, 6) is 0.606. The lowest BCUT2D eigenvalue weighted by Gasteiger charge is -2.29. The van der Waals surface area contributed by atoms with Crippen LogP contribution < -0.4 is 4.72 Å². The van der Waals surface area contributed by atoms with Crippen molar-refractivity contribution in [2.45, 2.75) is 19.8 Å². The van der Waals surface area contributed by atoms with E-state index in [0.29, 0.717) is 19.0 Å². The minimum absolute atomic E-state index is 0.0449. The molecule has 7 heteroatoms. The van der Waals surface area contributed by atoms with Crippen molar-refractivity contribution in [3.05, 3.63) is 0 Å². The molecular formula is C10H22N2O4S. The Balaban J connectivity index is 2.25. The Morgan fingerprint density at radius 1 is 1.35 bits per heavy atom. The molecule has 0 saturated carbocycles. The molecule has 0 aliphatic carbocycles. The maximum absolute atomic E-state index is 11.8. The third-order valence-corrected chi connectivity index (χ3v) is 4.46. The van der Waals surface area contributed by atoms with E-state index in [0.717, 1.165) is 12.8 Å². The van der Waals surface area contributed by atoms with Crippen molar-refractivity contribution in [2.75, 3.05) is 39.5 Å². The Morgan fingerprint density at radius 3 is 2.59 bits per heavy atom. The summed E-state index contributed by atoms with van der Waals surface area (Å²) in [5, 5.41) is 8.48. The number of nitrogens with zero attached hydrogens (tertiary/aromatic N) is 1. The van der Waals surface area contributed by atoms with Gasteiger partial charge in [0.1, 0.15) is 0 Å². The standard InChI is InChI=1S/C10H22N2O4S/c1-10-2-5-12(6-3-10)17(14,15)11-4-8-16-9-7-13/h10-11,13H,2-9H2,1H3. The zero-order valence-corrected chi connectivity index (χ0v) is 11.1. The van der Waals surface area contributed by atoms with Crippen molar-refractivity contribution in [2.24, 2.45) is 5.92 Å². The van der Waals surface area contributed by atoms with Gasteiger partial charge in [-0.2, -0.15) is 17.4 Å². The van der Waals surface area contributed by atoms with Gasteiger partial charge in [0.15, 0.2) is 0 Å². The lowest BCUT2D eigenvalue weighted by atomic mass is 10.0. The van der Waals surface area contributed by atoms with E-state index in [-0.39, 0.29) is 26.4 Å². The van der Waals surface area contributed by atoms with Crippen LogP contribution in [0.5, 0.6) is 0 Å². The third kappa shape index (κ3) is 5.31. The predicted molar refractivity (Wildman–Crippen MR) is 64.8 cm³/mol. The zero-order valence-electron chi connectivity index (χ0n) is 10.3. The first kappa shape index (κ1) is 14.8. The Morgan fingerprint density at radius 2 is 2.00 bits per heavy atom. The number of nitrogens with one attached hydrogen (secondary N) is 1. The summed E-state index contributed by atoms with van der Waals surface area (Å²) < 4.78 is 32.6. The zero-order chi connectivity index (χ0) is 12.7. The molecule has 0 amide bonds. The fourth-order valence-electron chi connectivity index (χ4n) is 1.73. The summed E-state index contributed by atoms with van der Waals surface area (Å²) in [6.45, 7) is 4.04. The highest BCUT2D eigenvalue weighted by Gasteiger charge is 2.25. The largest absolute Gasteiger partial charge is 0.394 e. The third-order valence-electron chi connectivity index (χ3n) is 2.85. The van der Waals surface area contributed by atoms with Crippen molar-refractivity contribution in [3.63, 3.8) is 0 Å². The summed E-state index contributed by atoms with van der Waals surface area (Å²) >= 11 is 0. The Hall–Kier alpha value is -0.210. The van der Waals surface area contributed by atoms with Gasteiger partial charge in [-0.1, -0.05) is 6.92 Å². The SMILES string of the molecule is CC1CCN(S(=O)(=O)NCCOCCO)CC1. The highest BCUT2D eigenvalue weighted by Crippen LogP contribution is 2.17. The normalized spacial score (nSPS) is 19.6. The number of ether oxygens (including phenoxy) is 1. The van der Waals surface area contributed by atoms with Gasteiger partial charge in [0.05, 0.1) is 19.8 Å². The summed E-state index contributed by atoms with van der Waals surface area (Å²) in [7, 11) is -3.35. The van der Waals surface area contributed by atoms with Crippen molar-refractivity contribution >= 4 is 10.2 Å². The van der Waals surface area contributed by atoms with Crippen LogP contribution in [0.3, 0.4) is 0 Å². The molecule has 6 nitrogen and oxygen atoms in total. The average Bonchev–Trinajstić information content (AvgIpc) is 2.29.